The zero-order chi connectivity index (χ0) is 15.8. The summed E-state index contributed by atoms with van der Waals surface area (Å²) in [5, 5.41) is 0. The lowest BCUT2D eigenvalue weighted by Gasteiger charge is -2.25. The van der Waals surface area contributed by atoms with Crippen molar-refractivity contribution in [3.8, 4) is 11.5 Å². The monoisotopic (exact) mass is 329 g/mol. The Labute approximate surface area is 139 Å². The lowest BCUT2D eigenvalue weighted by molar-refractivity contribution is -0.116. The number of benzene rings is 2. The zero-order valence-electron chi connectivity index (χ0n) is 12.4. The molecule has 2 aromatic rings. The first-order valence-corrected chi connectivity index (χ1v) is 8.15. The molecule has 4 rings (SSSR count). The summed E-state index contributed by atoms with van der Waals surface area (Å²) in [7, 11) is 0. The van der Waals surface area contributed by atoms with E-state index >= 15 is 0 Å². The number of nitrogens with zero attached hydrogens (tertiary/aromatic N) is 1. The van der Waals surface area contributed by atoms with Crippen molar-refractivity contribution in [1.82, 2.24) is 0 Å². The number of fused-ring (bicyclic) bond motifs is 2. The predicted molar refractivity (Wildman–Crippen MR) is 88.2 cm³/mol. The maximum atomic E-state index is 12.3. The molecule has 1 amide bonds. The van der Waals surface area contributed by atoms with E-state index in [-0.39, 0.29) is 24.0 Å². The zero-order valence-corrected chi connectivity index (χ0v) is 13.2. The predicted octanol–water partition coefficient (Wildman–Crippen LogP) is 3.37. The molecule has 5 heteroatoms. The van der Waals surface area contributed by atoms with Gasteiger partial charge in [-0.1, -0.05) is 30.3 Å². The maximum absolute atomic E-state index is 12.3. The Balaban J connectivity index is 1.63. The molecule has 118 valence electrons. The number of hydrogen-bond donors (Lipinski definition) is 0. The number of carbonyl (C=O) groups excluding carboxylic acids is 1. The third kappa shape index (κ3) is 2.86. The first-order chi connectivity index (χ1) is 11.2. The van der Waals surface area contributed by atoms with Crippen molar-refractivity contribution in [3.63, 3.8) is 0 Å². The fraction of sp³-hybridized carbons (Fsp3) is 0.278. The standard InChI is InChI=1S/C18H16ClNO3/c19-10-18(21)20(11-12-4-2-1-3-5-12)13-6-7-14-15(8-13)23-17-9-16(17)22-14/h1-8,16-17H,9-11H2. The molecule has 1 heterocycles. The van der Waals surface area contributed by atoms with Gasteiger partial charge in [-0.25, -0.2) is 0 Å². The van der Waals surface area contributed by atoms with Crippen LogP contribution in [0, 0.1) is 0 Å². The van der Waals surface area contributed by atoms with E-state index in [1.165, 1.54) is 0 Å². The lowest BCUT2D eigenvalue weighted by Crippen LogP contribution is -2.31. The molecule has 23 heavy (non-hydrogen) atoms. The van der Waals surface area contributed by atoms with E-state index in [1.807, 2.05) is 48.5 Å². The molecule has 2 aromatic carbocycles. The summed E-state index contributed by atoms with van der Waals surface area (Å²) in [6, 6.07) is 15.4. The van der Waals surface area contributed by atoms with E-state index in [9.17, 15) is 4.79 Å². The highest BCUT2D eigenvalue weighted by Crippen LogP contribution is 2.44. The second kappa shape index (κ2) is 5.78. The summed E-state index contributed by atoms with van der Waals surface area (Å²) in [5.41, 5.74) is 1.81. The molecule has 2 unspecified atom stereocenters. The van der Waals surface area contributed by atoms with E-state index in [0.717, 1.165) is 23.4 Å². The quantitative estimate of drug-likeness (QED) is 0.807. The van der Waals surface area contributed by atoms with Crippen LogP contribution in [0.25, 0.3) is 0 Å². The third-order valence-electron chi connectivity index (χ3n) is 4.07. The van der Waals surface area contributed by atoms with E-state index in [2.05, 4.69) is 0 Å². The second-order valence-corrected chi connectivity index (χ2v) is 6.05. The summed E-state index contributed by atoms with van der Waals surface area (Å²) in [4.78, 5) is 14.0. The second-order valence-electron chi connectivity index (χ2n) is 5.78. The largest absolute Gasteiger partial charge is 0.483 e. The van der Waals surface area contributed by atoms with Crippen LogP contribution in [0.5, 0.6) is 11.5 Å². The minimum absolute atomic E-state index is 0.0635. The van der Waals surface area contributed by atoms with Crippen LogP contribution in [-0.4, -0.2) is 24.0 Å². The molecule has 0 bridgehead atoms. The van der Waals surface area contributed by atoms with Gasteiger partial charge in [0.05, 0.1) is 6.54 Å². The normalized spacial score (nSPS) is 20.6. The SMILES string of the molecule is O=C(CCl)N(Cc1ccccc1)c1ccc2c(c1)OC1CC1O2. The summed E-state index contributed by atoms with van der Waals surface area (Å²) in [6.45, 7) is 0.470. The van der Waals surface area contributed by atoms with E-state index in [0.29, 0.717) is 12.3 Å². The highest BCUT2D eigenvalue weighted by Gasteiger charge is 2.46. The number of halogens is 1. The molecule has 0 saturated heterocycles. The van der Waals surface area contributed by atoms with Gasteiger partial charge in [-0.3, -0.25) is 4.79 Å². The van der Waals surface area contributed by atoms with Crippen molar-refractivity contribution in [1.29, 1.82) is 0 Å². The highest BCUT2D eigenvalue weighted by atomic mass is 35.5. The summed E-state index contributed by atoms with van der Waals surface area (Å²) < 4.78 is 11.7. The molecule has 0 aromatic heterocycles. The van der Waals surface area contributed by atoms with Crippen molar-refractivity contribution in [2.45, 2.75) is 25.2 Å². The van der Waals surface area contributed by atoms with Crippen LogP contribution in [0.4, 0.5) is 5.69 Å². The molecule has 2 atom stereocenters. The van der Waals surface area contributed by atoms with Crippen molar-refractivity contribution < 1.29 is 14.3 Å². The maximum Gasteiger partial charge on any atom is 0.242 e. The molecule has 1 aliphatic heterocycles. The van der Waals surface area contributed by atoms with Crippen LogP contribution < -0.4 is 14.4 Å². The highest BCUT2D eigenvalue weighted by molar-refractivity contribution is 6.29. The molecule has 1 saturated carbocycles. The Hall–Kier alpha value is -2.20. The Bertz CT molecular complexity index is 734. The minimum atomic E-state index is -0.142. The van der Waals surface area contributed by atoms with Crippen LogP contribution >= 0.6 is 11.6 Å². The van der Waals surface area contributed by atoms with Crippen LogP contribution in [0.2, 0.25) is 0 Å². The van der Waals surface area contributed by atoms with Gasteiger partial charge in [0.15, 0.2) is 11.5 Å². The van der Waals surface area contributed by atoms with E-state index in [4.69, 9.17) is 21.1 Å². The molecular formula is C18H16ClNO3. The van der Waals surface area contributed by atoms with Crippen molar-refractivity contribution in [2.24, 2.45) is 0 Å². The number of carbonyl (C=O) groups is 1. The van der Waals surface area contributed by atoms with Gasteiger partial charge >= 0.3 is 0 Å². The van der Waals surface area contributed by atoms with Crippen LogP contribution in [0.15, 0.2) is 48.5 Å². The van der Waals surface area contributed by atoms with Gasteiger partial charge in [0.25, 0.3) is 0 Å². The molecule has 1 fully saturated rings. The molecular weight excluding hydrogens is 314 g/mol. The van der Waals surface area contributed by atoms with E-state index in [1.54, 1.807) is 4.90 Å². The number of ether oxygens (including phenoxy) is 2. The molecule has 0 radical (unpaired) electrons. The van der Waals surface area contributed by atoms with Crippen LogP contribution in [-0.2, 0) is 11.3 Å². The van der Waals surface area contributed by atoms with Crippen LogP contribution in [0.1, 0.15) is 12.0 Å². The van der Waals surface area contributed by atoms with Crippen LogP contribution in [0.3, 0.4) is 0 Å². The van der Waals surface area contributed by atoms with Crippen molar-refractivity contribution in [3.05, 3.63) is 54.1 Å². The van der Waals surface area contributed by atoms with Gasteiger partial charge in [0.2, 0.25) is 5.91 Å². The Morgan fingerprint density at radius 3 is 2.57 bits per heavy atom. The number of hydrogen-bond acceptors (Lipinski definition) is 3. The summed E-state index contributed by atoms with van der Waals surface area (Å²) in [6.07, 6.45) is 1.28. The first kappa shape index (κ1) is 14.4. The first-order valence-electron chi connectivity index (χ1n) is 7.62. The van der Waals surface area contributed by atoms with Gasteiger partial charge in [-0.15, -0.1) is 11.6 Å². The van der Waals surface area contributed by atoms with Gasteiger partial charge in [0, 0.05) is 18.2 Å². The third-order valence-corrected chi connectivity index (χ3v) is 4.30. The molecule has 4 nitrogen and oxygen atoms in total. The Morgan fingerprint density at radius 2 is 1.83 bits per heavy atom. The molecule has 0 spiro atoms. The molecule has 0 N–H and O–H groups in total. The molecule has 1 aliphatic carbocycles. The van der Waals surface area contributed by atoms with E-state index < -0.39 is 0 Å². The minimum Gasteiger partial charge on any atom is -0.483 e. The average molecular weight is 330 g/mol. The van der Waals surface area contributed by atoms with Gasteiger partial charge < -0.3 is 14.4 Å². The Kier molecular flexibility index (Phi) is 3.62. The fourth-order valence-corrected chi connectivity index (χ4v) is 2.88. The van der Waals surface area contributed by atoms with Gasteiger partial charge in [0.1, 0.15) is 18.1 Å². The summed E-state index contributed by atoms with van der Waals surface area (Å²) in [5.74, 6) is 1.23. The smallest absolute Gasteiger partial charge is 0.242 e. The lowest BCUT2D eigenvalue weighted by atomic mass is 10.2. The van der Waals surface area contributed by atoms with Gasteiger partial charge in [-0.05, 0) is 17.7 Å². The summed E-state index contributed by atoms with van der Waals surface area (Å²) >= 11 is 5.79. The number of amides is 1. The number of alkyl halides is 1. The Morgan fingerprint density at radius 1 is 1.09 bits per heavy atom. The number of anilines is 1. The fourth-order valence-electron chi connectivity index (χ4n) is 2.74. The number of rotatable bonds is 4. The topological polar surface area (TPSA) is 38.8 Å². The van der Waals surface area contributed by atoms with Crippen molar-refractivity contribution >= 4 is 23.2 Å². The van der Waals surface area contributed by atoms with Gasteiger partial charge in [-0.2, -0.15) is 0 Å². The molecule has 2 aliphatic rings. The van der Waals surface area contributed by atoms with Crippen molar-refractivity contribution in [2.75, 3.05) is 10.8 Å². The average Bonchev–Trinajstić information content (AvgIpc) is 3.35.